The van der Waals surface area contributed by atoms with Crippen molar-refractivity contribution in [2.24, 2.45) is 0 Å². The molecule has 16 heavy (non-hydrogen) atoms. The minimum Gasteiger partial charge on any atom is -0.394 e. The van der Waals surface area contributed by atoms with Gasteiger partial charge in [0.2, 0.25) is 0 Å². The largest absolute Gasteiger partial charge is 0.394 e. The van der Waals surface area contributed by atoms with Gasteiger partial charge in [-0.1, -0.05) is 0 Å². The Morgan fingerprint density at radius 3 is 2.81 bits per heavy atom. The molecule has 1 aromatic rings. The molecule has 1 amide bonds. The number of rotatable bonds is 6. The highest BCUT2D eigenvalue weighted by Gasteiger charge is 2.09. The summed E-state index contributed by atoms with van der Waals surface area (Å²) in [5, 5.41) is 11.2. The molecule has 2 N–H and O–H groups in total. The lowest BCUT2D eigenvalue weighted by atomic mass is 10.3. The fourth-order valence-corrected chi connectivity index (χ4v) is 2.13. The maximum absolute atomic E-state index is 11.6. The minimum atomic E-state index is -0.0613. The topological polar surface area (TPSA) is 58.6 Å². The molecular formula is C11H17NO3S. The van der Waals surface area contributed by atoms with Crippen LogP contribution in [0.5, 0.6) is 0 Å². The highest BCUT2D eigenvalue weighted by Crippen LogP contribution is 2.20. The zero-order valence-electron chi connectivity index (χ0n) is 9.58. The van der Waals surface area contributed by atoms with Gasteiger partial charge in [-0.15, -0.1) is 11.3 Å². The summed E-state index contributed by atoms with van der Waals surface area (Å²) in [6.45, 7) is 5.21. The number of ether oxygens (including phenoxy) is 1. The molecule has 0 aliphatic carbocycles. The maximum Gasteiger partial charge on any atom is 0.261 e. The van der Waals surface area contributed by atoms with Crippen LogP contribution in [-0.2, 0) is 4.74 Å². The van der Waals surface area contributed by atoms with E-state index in [0.717, 1.165) is 10.4 Å². The highest BCUT2D eigenvalue weighted by atomic mass is 32.1. The number of nitrogens with one attached hydrogen (secondary N) is 1. The zero-order chi connectivity index (χ0) is 12.0. The van der Waals surface area contributed by atoms with Crippen molar-refractivity contribution in [1.29, 1.82) is 0 Å². The van der Waals surface area contributed by atoms with Crippen LogP contribution in [-0.4, -0.2) is 37.4 Å². The van der Waals surface area contributed by atoms with Crippen LogP contribution in [0.1, 0.15) is 20.1 Å². The summed E-state index contributed by atoms with van der Waals surface area (Å²) in [6, 6.07) is 1.89. The molecule has 0 bridgehead atoms. The first-order valence-corrected chi connectivity index (χ1v) is 6.00. The molecule has 0 aliphatic heterocycles. The molecule has 0 saturated carbocycles. The van der Waals surface area contributed by atoms with Gasteiger partial charge in [-0.05, 0) is 25.5 Å². The van der Waals surface area contributed by atoms with Gasteiger partial charge in [0.05, 0.1) is 24.7 Å². The second kappa shape index (κ2) is 6.62. The van der Waals surface area contributed by atoms with Gasteiger partial charge in [-0.2, -0.15) is 0 Å². The first kappa shape index (κ1) is 13.2. The SMILES string of the molecule is Cc1cc(C(=O)NCCOCCO)sc1C. The van der Waals surface area contributed by atoms with Crippen molar-refractivity contribution in [3.8, 4) is 0 Å². The van der Waals surface area contributed by atoms with E-state index in [4.69, 9.17) is 9.84 Å². The van der Waals surface area contributed by atoms with Crippen molar-refractivity contribution in [2.75, 3.05) is 26.4 Å². The van der Waals surface area contributed by atoms with E-state index in [2.05, 4.69) is 5.32 Å². The number of aryl methyl sites for hydroxylation is 2. The van der Waals surface area contributed by atoms with E-state index in [-0.39, 0.29) is 12.5 Å². The fourth-order valence-electron chi connectivity index (χ4n) is 1.18. The van der Waals surface area contributed by atoms with E-state index in [9.17, 15) is 4.79 Å². The number of hydrogen-bond acceptors (Lipinski definition) is 4. The van der Waals surface area contributed by atoms with Crippen LogP contribution in [0.2, 0.25) is 0 Å². The van der Waals surface area contributed by atoms with E-state index in [1.807, 2.05) is 19.9 Å². The second-order valence-corrected chi connectivity index (χ2v) is 4.70. The van der Waals surface area contributed by atoms with Crippen LogP contribution in [0.4, 0.5) is 0 Å². The van der Waals surface area contributed by atoms with Crippen molar-refractivity contribution in [1.82, 2.24) is 5.32 Å². The van der Waals surface area contributed by atoms with Crippen LogP contribution in [0.25, 0.3) is 0 Å². The smallest absolute Gasteiger partial charge is 0.261 e. The van der Waals surface area contributed by atoms with E-state index in [0.29, 0.717) is 19.8 Å². The Bertz CT molecular complexity index is 329. The zero-order valence-corrected chi connectivity index (χ0v) is 10.4. The van der Waals surface area contributed by atoms with Gasteiger partial charge >= 0.3 is 0 Å². The number of carbonyl (C=O) groups excluding carboxylic acids is 1. The highest BCUT2D eigenvalue weighted by molar-refractivity contribution is 7.14. The molecule has 0 saturated heterocycles. The molecule has 0 spiro atoms. The molecule has 1 heterocycles. The van der Waals surface area contributed by atoms with Crippen molar-refractivity contribution in [3.63, 3.8) is 0 Å². The summed E-state index contributed by atoms with van der Waals surface area (Å²) in [6.07, 6.45) is 0. The summed E-state index contributed by atoms with van der Waals surface area (Å²) in [5.41, 5.74) is 1.15. The van der Waals surface area contributed by atoms with Crippen LogP contribution in [0.15, 0.2) is 6.07 Å². The number of thiophene rings is 1. The van der Waals surface area contributed by atoms with Gasteiger partial charge in [0.15, 0.2) is 0 Å². The molecule has 0 unspecified atom stereocenters. The Morgan fingerprint density at radius 1 is 1.50 bits per heavy atom. The Labute approximate surface area is 99.2 Å². The molecule has 0 radical (unpaired) electrons. The number of aliphatic hydroxyl groups is 1. The van der Waals surface area contributed by atoms with Crippen molar-refractivity contribution < 1.29 is 14.6 Å². The lowest BCUT2D eigenvalue weighted by Gasteiger charge is -2.03. The van der Waals surface area contributed by atoms with E-state index >= 15 is 0 Å². The monoisotopic (exact) mass is 243 g/mol. The van der Waals surface area contributed by atoms with Crippen LogP contribution in [0.3, 0.4) is 0 Å². The Hall–Kier alpha value is -0.910. The lowest BCUT2D eigenvalue weighted by molar-refractivity contribution is 0.0840. The third-order valence-corrected chi connectivity index (χ3v) is 3.31. The van der Waals surface area contributed by atoms with Crippen LogP contribution < -0.4 is 5.32 Å². The fraction of sp³-hybridized carbons (Fsp3) is 0.545. The lowest BCUT2D eigenvalue weighted by Crippen LogP contribution is -2.26. The van der Waals surface area contributed by atoms with Gasteiger partial charge in [-0.25, -0.2) is 0 Å². The number of hydrogen-bond donors (Lipinski definition) is 2. The van der Waals surface area contributed by atoms with Crippen molar-refractivity contribution >= 4 is 17.2 Å². The van der Waals surface area contributed by atoms with Gasteiger partial charge in [0, 0.05) is 11.4 Å². The summed E-state index contributed by atoms with van der Waals surface area (Å²) >= 11 is 1.50. The second-order valence-electron chi connectivity index (χ2n) is 3.44. The minimum absolute atomic E-state index is 0.0112. The Balaban J connectivity index is 2.30. The summed E-state index contributed by atoms with van der Waals surface area (Å²) in [5.74, 6) is -0.0613. The van der Waals surface area contributed by atoms with E-state index < -0.39 is 0 Å². The molecule has 0 atom stereocenters. The average Bonchev–Trinajstić information content (AvgIpc) is 2.59. The molecule has 0 aromatic carbocycles. The molecular weight excluding hydrogens is 226 g/mol. The third-order valence-electron chi connectivity index (χ3n) is 2.16. The van der Waals surface area contributed by atoms with Gasteiger partial charge in [0.25, 0.3) is 5.91 Å². The van der Waals surface area contributed by atoms with Gasteiger partial charge in [0.1, 0.15) is 0 Å². The molecule has 4 nitrogen and oxygen atoms in total. The molecule has 0 aliphatic rings. The molecule has 1 rings (SSSR count). The summed E-state index contributed by atoms with van der Waals surface area (Å²) in [4.78, 5) is 13.5. The number of carbonyl (C=O) groups is 1. The molecule has 1 aromatic heterocycles. The first-order valence-electron chi connectivity index (χ1n) is 5.19. The van der Waals surface area contributed by atoms with Gasteiger partial charge < -0.3 is 15.2 Å². The quantitative estimate of drug-likeness (QED) is 0.736. The predicted molar refractivity (Wildman–Crippen MR) is 64.0 cm³/mol. The summed E-state index contributed by atoms with van der Waals surface area (Å²) < 4.78 is 5.04. The van der Waals surface area contributed by atoms with Crippen molar-refractivity contribution in [3.05, 3.63) is 21.4 Å². The Kier molecular flexibility index (Phi) is 5.45. The van der Waals surface area contributed by atoms with Crippen LogP contribution in [0, 0.1) is 13.8 Å². The number of amides is 1. The molecule has 0 fully saturated rings. The normalized spacial score (nSPS) is 10.4. The van der Waals surface area contributed by atoms with Crippen LogP contribution >= 0.6 is 11.3 Å². The van der Waals surface area contributed by atoms with E-state index in [1.165, 1.54) is 16.2 Å². The summed E-state index contributed by atoms with van der Waals surface area (Å²) in [7, 11) is 0. The average molecular weight is 243 g/mol. The van der Waals surface area contributed by atoms with Crippen molar-refractivity contribution in [2.45, 2.75) is 13.8 Å². The van der Waals surface area contributed by atoms with E-state index in [1.54, 1.807) is 0 Å². The number of aliphatic hydroxyl groups excluding tert-OH is 1. The predicted octanol–water partition coefficient (Wildman–Crippen LogP) is 1.10. The Morgan fingerprint density at radius 2 is 2.25 bits per heavy atom. The molecule has 90 valence electrons. The molecule has 5 heteroatoms. The maximum atomic E-state index is 11.6. The third kappa shape index (κ3) is 3.92. The standard InChI is InChI=1S/C11H17NO3S/c1-8-7-10(16-9(8)2)11(14)12-3-5-15-6-4-13/h7,13H,3-6H2,1-2H3,(H,12,14). The first-order chi connectivity index (χ1) is 7.65. The van der Waals surface area contributed by atoms with Gasteiger partial charge in [-0.3, -0.25) is 4.79 Å².